The van der Waals surface area contributed by atoms with Crippen molar-refractivity contribution in [1.29, 1.82) is 0 Å². The molecule has 0 bridgehead atoms. The summed E-state index contributed by atoms with van der Waals surface area (Å²) in [5, 5.41) is 0.393. The third kappa shape index (κ3) is 6.15. The lowest BCUT2D eigenvalue weighted by Crippen LogP contribution is -1.94. The Hall–Kier alpha value is 0.0300. The van der Waals surface area contributed by atoms with Crippen molar-refractivity contribution in [2.45, 2.75) is 44.4 Å². The summed E-state index contributed by atoms with van der Waals surface area (Å²) in [6.07, 6.45) is 7.84. The zero-order valence-corrected chi connectivity index (χ0v) is 7.53. The molecule has 10 heavy (non-hydrogen) atoms. The largest absolute Gasteiger partial charge is 0.123 e. The van der Waals surface area contributed by atoms with E-state index in [2.05, 4.69) is 13.5 Å². The van der Waals surface area contributed by atoms with E-state index in [1.165, 1.54) is 12.8 Å². The summed E-state index contributed by atoms with van der Waals surface area (Å²) in [5.74, 6) is 0. The monoisotopic (exact) mass is 160 g/mol. The highest BCUT2D eigenvalue weighted by atomic mass is 35.5. The minimum atomic E-state index is 0.393. The average molecular weight is 161 g/mol. The van der Waals surface area contributed by atoms with Gasteiger partial charge in [-0.15, -0.1) is 18.2 Å². The van der Waals surface area contributed by atoms with Crippen LogP contribution >= 0.6 is 11.6 Å². The van der Waals surface area contributed by atoms with Crippen molar-refractivity contribution in [3.8, 4) is 0 Å². The smallest absolute Gasteiger partial charge is 0.0333 e. The van der Waals surface area contributed by atoms with E-state index in [1.54, 1.807) is 0 Å². The molecule has 0 saturated heterocycles. The normalized spacial score (nSPS) is 13.0. The molecular formula is C9H17Cl. The van der Waals surface area contributed by atoms with Crippen LogP contribution in [0.15, 0.2) is 12.7 Å². The van der Waals surface area contributed by atoms with Crippen molar-refractivity contribution >= 4 is 11.6 Å². The molecule has 0 aliphatic rings. The zero-order valence-electron chi connectivity index (χ0n) is 6.78. The number of rotatable bonds is 6. The minimum Gasteiger partial charge on any atom is -0.123 e. The van der Waals surface area contributed by atoms with E-state index in [0.29, 0.717) is 5.38 Å². The van der Waals surface area contributed by atoms with Crippen molar-refractivity contribution in [3.63, 3.8) is 0 Å². The van der Waals surface area contributed by atoms with Gasteiger partial charge in [-0.3, -0.25) is 0 Å². The van der Waals surface area contributed by atoms with Crippen LogP contribution in [0.5, 0.6) is 0 Å². The van der Waals surface area contributed by atoms with Crippen LogP contribution in [0.3, 0.4) is 0 Å². The first kappa shape index (κ1) is 10.0. The van der Waals surface area contributed by atoms with E-state index in [9.17, 15) is 0 Å². The molecule has 1 unspecified atom stereocenters. The zero-order chi connectivity index (χ0) is 7.82. The molecule has 0 aromatic heterocycles. The van der Waals surface area contributed by atoms with Crippen LogP contribution < -0.4 is 0 Å². The summed E-state index contributed by atoms with van der Waals surface area (Å²) in [7, 11) is 0. The number of allylic oxidation sites excluding steroid dienone is 1. The molecule has 0 aromatic rings. The lowest BCUT2D eigenvalue weighted by molar-refractivity contribution is 0.644. The third-order valence-electron chi connectivity index (χ3n) is 1.62. The summed E-state index contributed by atoms with van der Waals surface area (Å²) in [4.78, 5) is 0. The molecule has 1 heteroatoms. The van der Waals surface area contributed by atoms with E-state index >= 15 is 0 Å². The minimum absolute atomic E-state index is 0.393. The fourth-order valence-corrected chi connectivity index (χ4v) is 1.01. The van der Waals surface area contributed by atoms with Crippen molar-refractivity contribution in [1.82, 2.24) is 0 Å². The molecule has 0 aliphatic carbocycles. The third-order valence-corrected chi connectivity index (χ3v) is 2.15. The van der Waals surface area contributed by atoms with Gasteiger partial charge in [0, 0.05) is 5.38 Å². The molecule has 0 aliphatic heterocycles. The van der Waals surface area contributed by atoms with Crippen molar-refractivity contribution < 1.29 is 0 Å². The van der Waals surface area contributed by atoms with E-state index in [1.807, 2.05) is 6.08 Å². The Balaban J connectivity index is 2.95. The maximum Gasteiger partial charge on any atom is 0.0333 e. The highest BCUT2D eigenvalue weighted by Gasteiger charge is 1.98. The fourth-order valence-electron chi connectivity index (χ4n) is 0.859. The number of hydrogen-bond donors (Lipinski definition) is 0. The molecule has 0 rings (SSSR count). The summed E-state index contributed by atoms with van der Waals surface area (Å²) in [6.45, 7) is 5.79. The first-order valence-electron chi connectivity index (χ1n) is 4.06. The highest BCUT2D eigenvalue weighted by molar-refractivity contribution is 6.20. The van der Waals surface area contributed by atoms with Crippen molar-refractivity contribution in [3.05, 3.63) is 12.7 Å². The van der Waals surface area contributed by atoms with Gasteiger partial charge in [0.1, 0.15) is 0 Å². The van der Waals surface area contributed by atoms with Crippen LogP contribution in [0.2, 0.25) is 0 Å². The quantitative estimate of drug-likeness (QED) is 0.316. The number of halogens is 1. The molecule has 0 amide bonds. The van der Waals surface area contributed by atoms with Crippen LogP contribution in [0.4, 0.5) is 0 Å². The molecule has 0 radical (unpaired) electrons. The van der Waals surface area contributed by atoms with E-state index in [0.717, 1.165) is 19.3 Å². The summed E-state index contributed by atoms with van der Waals surface area (Å²) in [5.41, 5.74) is 0. The fraction of sp³-hybridized carbons (Fsp3) is 0.778. The van der Waals surface area contributed by atoms with Gasteiger partial charge in [-0.25, -0.2) is 0 Å². The highest BCUT2D eigenvalue weighted by Crippen LogP contribution is 2.11. The topological polar surface area (TPSA) is 0 Å². The Morgan fingerprint density at radius 2 is 2.20 bits per heavy atom. The lowest BCUT2D eigenvalue weighted by Gasteiger charge is -2.03. The predicted molar refractivity (Wildman–Crippen MR) is 48.6 cm³/mol. The molecule has 0 N–H and O–H groups in total. The Morgan fingerprint density at radius 1 is 1.50 bits per heavy atom. The van der Waals surface area contributed by atoms with Gasteiger partial charge in [-0.2, -0.15) is 0 Å². The second-order valence-corrected chi connectivity index (χ2v) is 3.20. The molecule has 1 atom stereocenters. The number of unbranched alkanes of at least 4 members (excludes halogenated alkanes) is 2. The predicted octanol–water partition coefficient (Wildman–Crippen LogP) is 3.75. The molecule has 0 nitrogen and oxygen atoms in total. The maximum atomic E-state index is 5.92. The van der Waals surface area contributed by atoms with Gasteiger partial charge in [0.05, 0.1) is 0 Å². The van der Waals surface area contributed by atoms with Gasteiger partial charge >= 0.3 is 0 Å². The van der Waals surface area contributed by atoms with Crippen LogP contribution in [0.1, 0.15) is 39.0 Å². The lowest BCUT2D eigenvalue weighted by atomic mass is 10.1. The Kier molecular flexibility index (Phi) is 7.16. The molecular weight excluding hydrogens is 144 g/mol. The average Bonchev–Trinajstić information content (AvgIpc) is 1.98. The van der Waals surface area contributed by atoms with E-state index in [-0.39, 0.29) is 0 Å². The van der Waals surface area contributed by atoms with Gasteiger partial charge in [-0.1, -0.05) is 19.4 Å². The maximum absolute atomic E-state index is 5.92. The summed E-state index contributed by atoms with van der Waals surface area (Å²) < 4.78 is 0. The Morgan fingerprint density at radius 3 is 2.70 bits per heavy atom. The molecule has 0 fully saturated rings. The first-order chi connectivity index (χ1) is 4.81. The second kappa shape index (κ2) is 7.14. The molecule has 0 saturated carbocycles. The first-order valence-corrected chi connectivity index (χ1v) is 4.49. The van der Waals surface area contributed by atoms with Crippen molar-refractivity contribution in [2.24, 2.45) is 0 Å². The Labute approximate surface area is 69.3 Å². The van der Waals surface area contributed by atoms with Crippen molar-refractivity contribution in [2.75, 3.05) is 0 Å². The molecule has 60 valence electrons. The van der Waals surface area contributed by atoms with Gasteiger partial charge in [0.2, 0.25) is 0 Å². The summed E-state index contributed by atoms with van der Waals surface area (Å²) in [6, 6.07) is 0. The molecule has 0 spiro atoms. The van der Waals surface area contributed by atoms with Crippen LogP contribution in [0.25, 0.3) is 0 Å². The van der Waals surface area contributed by atoms with Crippen LogP contribution in [-0.2, 0) is 0 Å². The van der Waals surface area contributed by atoms with Gasteiger partial charge in [-0.05, 0) is 25.7 Å². The standard InChI is InChI=1S/C9H17Cl/c1-3-5-6-7-8-9(10)4-2/h3,9H,1,4-8H2,2H3. The SMILES string of the molecule is C=CCCCCC(Cl)CC. The molecule has 0 aromatic carbocycles. The second-order valence-electron chi connectivity index (χ2n) is 2.58. The van der Waals surface area contributed by atoms with Gasteiger partial charge < -0.3 is 0 Å². The van der Waals surface area contributed by atoms with E-state index < -0.39 is 0 Å². The Bertz CT molecular complexity index is 78.8. The van der Waals surface area contributed by atoms with Crippen LogP contribution in [0, 0.1) is 0 Å². The number of alkyl halides is 1. The molecule has 0 heterocycles. The van der Waals surface area contributed by atoms with E-state index in [4.69, 9.17) is 11.6 Å². The number of hydrogen-bond acceptors (Lipinski definition) is 0. The van der Waals surface area contributed by atoms with Gasteiger partial charge in [0.25, 0.3) is 0 Å². The van der Waals surface area contributed by atoms with Gasteiger partial charge in [0.15, 0.2) is 0 Å². The van der Waals surface area contributed by atoms with Crippen LogP contribution in [-0.4, -0.2) is 5.38 Å². The summed E-state index contributed by atoms with van der Waals surface area (Å²) >= 11 is 5.92.